The van der Waals surface area contributed by atoms with E-state index in [1.165, 1.54) is 12.1 Å². The molecule has 0 saturated heterocycles. The second-order valence-electron chi connectivity index (χ2n) is 5.74. The highest BCUT2D eigenvalue weighted by Crippen LogP contribution is 2.17. The van der Waals surface area contributed by atoms with Gasteiger partial charge in [0.25, 0.3) is 5.69 Å². The minimum absolute atomic E-state index is 0.0206. The Morgan fingerprint density at radius 1 is 1.43 bits per heavy atom. The lowest BCUT2D eigenvalue weighted by molar-refractivity contribution is -0.384. The molecule has 0 heterocycles. The summed E-state index contributed by atoms with van der Waals surface area (Å²) in [5.41, 5.74) is 0.107. The summed E-state index contributed by atoms with van der Waals surface area (Å²) in [5, 5.41) is 16.4. The molecule has 0 aliphatic carbocycles. The predicted octanol–water partition coefficient (Wildman–Crippen LogP) is 2.92. The summed E-state index contributed by atoms with van der Waals surface area (Å²) in [6.07, 6.45) is -0.491. The highest BCUT2D eigenvalue weighted by Gasteiger charge is 2.16. The van der Waals surface area contributed by atoms with Gasteiger partial charge in [0.1, 0.15) is 5.60 Å². The summed E-state index contributed by atoms with van der Waals surface area (Å²) >= 11 is 0. The number of nitrogens with zero attached hydrogens (tertiary/aromatic N) is 1. The van der Waals surface area contributed by atoms with Crippen LogP contribution >= 0.6 is 0 Å². The van der Waals surface area contributed by atoms with E-state index in [4.69, 9.17) is 4.74 Å². The molecule has 0 aliphatic heterocycles. The number of hydrogen-bond acceptors (Lipinski definition) is 5. The van der Waals surface area contributed by atoms with Gasteiger partial charge in [-0.15, -0.1) is 0 Å². The van der Waals surface area contributed by atoms with Gasteiger partial charge in [0.05, 0.1) is 4.92 Å². The number of carbonyl (C=O) groups excluding carboxylic acids is 1. The smallest absolute Gasteiger partial charge is 0.407 e. The number of ether oxygens (including phenoxy) is 1. The first-order chi connectivity index (χ1) is 9.67. The van der Waals surface area contributed by atoms with Crippen LogP contribution in [0.15, 0.2) is 24.3 Å². The molecule has 0 bridgehead atoms. The van der Waals surface area contributed by atoms with Crippen molar-refractivity contribution in [1.29, 1.82) is 0 Å². The van der Waals surface area contributed by atoms with Crippen molar-refractivity contribution in [3.05, 3.63) is 34.4 Å². The predicted molar refractivity (Wildman–Crippen MR) is 80.4 cm³/mol. The van der Waals surface area contributed by atoms with Crippen LogP contribution in [-0.4, -0.2) is 29.2 Å². The average molecular weight is 295 g/mol. The Morgan fingerprint density at radius 3 is 2.67 bits per heavy atom. The molecule has 1 amide bonds. The van der Waals surface area contributed by atoms with Crippen molar-refractivity contribution in [1.82, 2.24) is 5.32 Å². The van der Waals surface area contributed by atoms with Crippen molar-refractivity contribution in [3.8, 4) is 0 Å². The Morgan fingerprint density at radius 2 is 2.10 bits per heavy atom. The number of carbonyl (C=O) groups is 1. The maximum atomic E-state index is 11.5. The van der Waals surface area contributed by atoms with Gasteiger partial charge in [-0.05, 0) is 33.8 Å². The minimum atomic E-state index is -0.541. The van der Waals surface area contributed by atoms with Gasteiger partial charge in [-0.3, -0.25) is 10.1 Å². The number of non-ortho nitro benzene ring substituents is 1. The van der Waals surface area contributed by atoms with Gasteiger partial charge in [0.15, 0.2) is 0 Å². The number of rotatable bonds is 5. The molecule has 7 heteroatoms. The summed E-state index contributed by atoms with van der Waals surface area (Å²) in [5.74, 6) is 0. The molecule has 0 fully saturated rings. The first-order valence-corrected chi connectivity index (χ1v) is 6.65. The molecule has 0 saturated carbocycles. The van der Waals surface area contributed by atoms with Crippen molar-refractivity contribution < 1.29 is 14.5 Å². The van der Waals surface area contributed by atoms with E-state index in [1.54, 1.807) is 32.9 Å². The fourth-order valence-electron chi connectivity index (χ4n) is 1.60. The number of amides is 1. The molecule has 1 unspecified atom stereocenters. The maximum absolute atomic E-state index is 11.5. The SMILES string of the molecule is CC(CNC(=O)OC(C)(C)C)Nc1cccc([N+](=O)[O-])c1. The number of alkyl carbamates (subject to hydrolysis) is 1. The Balaban J connectivity index is 2.47. The van der Waals surface area contributed by atoms with Crippen LogP contribution in [-0.2, 0) is 4.74 Å². The second-order valence-corrected chi connectivity index (χ2v) is 5.74. The summed E-state index contributed by atoms with van der Waals surface area (Å²) in [7, 11) is 0. The lowest BCUT2D eigenvalue weighted by atomic mass is 10.2. The molecule has 1 rings (SSSR count). The molecule has 0 spiro atoms. The molecular formula is C14H21N3O4. The number of nitro benzene ring substituents is 1. The molecule has 1 aromatic carbocycles. The van der Waals surface area contributed by atoms with Crippen molar-refractivity contribution >= 4 is 17.5 Å². The average Bonchev–Trinajstić information content (AvgIpc) is 2.34. The van der Waals surface area contributed by atoms with Gasteiger partial charge in [-0.1, -0.05) is 6.07 Å². The van der Waals surface area contributed by atoms with E-state index in [2.05, 4.69) is 10.6 Å². The summed E-state index contributed by atoms with van der Waals surface area (Å²) < 4.78 is 5.12. The van der Waals surface area contributed by atoms with Crippen LogP contribution in [0.3, 0.4) is 0 Å². The number of nitrogens with one attached hydrogen (secondary N) is 2. The highest BCUT2D eigenvalue weighted by molar-refractivity contribution is 5.67. The fraction of sp³-hybridized carbons (Fsp3) is 0.500. The second kappa shape index (κ2) is 6.92. The van der Waals surface area contributed by atoms with Crippen LogP contribution in [0.5, 0.6) is 0 Å². The Bertz CT molecular complexity index is 511. The molecule has 21 heavy (non-hydrogen) atoms. The van der Waals surface area contributed by atoms with Gasteiger partial charge >= 0.3 is 6.09 Å². The van der Waals surface area contributed by atoms with Gasteiger partial charge in [0.2, 0.25) is 0 Å². The number of nitro groups is 1. The zero-order chi connectivity index (χ0) is 16.0. The topological polar surface area (TPSA) is 93.5 Å². The third kappa shape index (κ3) is 6.60. The quantitative estimate of drug-likeness (QED) is 0.643. The molecule has 116 valence electrons. The van der Waals surface area contributed by atoms with E-state index in [-0.39, 0.29) is 11.7 Å². The number of anilines is 1. The van der Waals surface area contributed by atoms with E-state index >= 15 is 0 Å². The summed E-state index contributed by atoms with van der Waals surface area (Å²) in [6.45, 7) is 7.57. The van der Waals surface area contributed by atoms with Crippen molar-refractivity contribution in [3.63, 3.8) is 0 Å². The normalized spacial score (nSPS) is 12.4. The lowest BCUT2D eigenvalue weighted by Gasteiger charge is -2.21. The van der Waals surface area contributed by atoms with E-state index in [0.29, 0.717) is 12.2 Å². The Labute approximate surface area is 123 Å². The van der Waals surface area contributed by atoms with E-state index in [0.717, 1.165) is 0 Å². The number of hydrogen-bond donors (Lipinski definition) is 2. The number of benzene rings is 1. The summed E-state index contributed by atoms with van der Waals surface area (Å²) in [4.78, 5) is 21.7. The molecule has 0 aliphatic rings. The van der Waals surface area contributed by atoms with Gasteiger partial charge < -0.3 is 15.4 Å². The van der Waals surface area contributed by atoms with Crippen LogP contribution < -0.4 is 10.6 Å². The van der Waals surface area contributed by atoms with Crippen LogP contribution in [0.4, 0.5) is 16.2 Å². The molecular weight excluding hydrogens is 274 g/mol. The van der Waals surface area contributed by atoms with Crippen LogP contribution in [0.25, 0.3) is 0 Å². The molecule has 0 aromatic heterocycles. The molecule has 7 nitrogen and oxygen atoms in total. The van der Waals surface area contributed by atoms with Crippen molar-refractivity contribution in [2.75, 3.05) is 11.9 Å². The maximum Gasteiger partial charge on any atom is 0.407 e. The Hall–Kier alpha value is -2.31. The minimum Gasteiger partial charge on any atom is -0.444 e. The molecule has 2 N–H and O–H groups in total. The van der Waals surface area contributed by atoms with Crippen LogP contribution in [0.2, 0.25) is 0 Å². The van der Waals surface area contributed by atoms with E-state index < -0.39 is 16.6 Å². The molecule has 0 radical (unpaired) electrons. The summed E-state index contributed by atoms with van der Waals surface area (Å²) in [6, 6.07) is 6.11. The van der Waals surface area contributed by atoms with Crippen molar-refractivity contribution in [2.45, 2.75) is 39.3 Å². The molecule has 1 atom stereocenters. The van der Waals surface area contributed by atoms with Crippen LogP contribution in [0.1, 0.15) is 27.7 Å². The fourth-order valence-corrected chi connectivity index (χ4v) is 1.60. The lowest BCUT2D eigenvalue weighted by Crippen LogP contribution is -2.38. The zero-order valence-corrected chi connectivity index (χ0v) is 12.7. The first kappa shape index (κ1) is 16.7. The highest BCUT2D eigenvalue weighted by atomic mass is 16.6. The monoisotopic (exact) mass is 295 g/mol. The van der Waals surface area contributed by atoms with E-state index in [9.17, 15) is 14.9 Å². The van der Waals surface area contributed by atoms with Gasteiger partial charge in [-0.2, -0.15) is 0 Å². The third-order valence-corrected chi connectivity index (χ3v) is 2.42. The van der Waals surface area contributed by atoms with Crippen LogP contribution in [0, 0.1) is 10.1 Å². The zero-order valence-electron chi connectivity index (χ0n) is 12.7. The first-order valence-electron chi connectivity index (χ1n) is 6.65. The third-order valence-electron chi connectivity index (χ3n) is 2.42. The molecule has 1 aromatic rings. The van der Waals surface area contributed by atoms with E-state index in [1.807, 2.05) is 6.92 Å². The standard InChI is InChI=1S/C14H21N3O4/c1-10(9-15-13(18)21-14(2,3)4)16-11-6-5-7-12(8-11)17(19)20/h5-8,10,16H,9H2,1-4H3,(H,15,18). The Kier molecular flexibility index (Phi) is 5.52. The van der Waals surface area contributed by atoms with Gasteiger partial charge in [-0.25, -0.2) is 4.79 Å². The van der Waals surface area contributed by atoms with Gasteiger partial charge in [0, 0.05) is 30.4 Å². The largest absolute Gasteiger partial charge is 0.444 e. The van der Waals surface area contributed by atoms with Crippen molar-refractivity contribution in [2.24, 2.45) is 0 Å².